The van der Waals surface area contributed by atoms with Gasteiger partial charge in [-0.1, -0.05) is 32.1 Å². The lowest BCUT2D eigenvalue weighted by Gasteiger charge is -2.21. The second kappa shape index (κ2) is 7.40. The fourth-order valence-corrected chi connectivity index (χ4v) is 3.23. The maximum atomic E-state index is 12.7. The predicted molar refractivity (Wildman–Crippen MR) is 90.0 cm³/mol. The van der Waals surface area contributed by atoms with Gasteiger partial charge in [0.05, 0.1) is 5.56 Å². The van der Waals surface area contributed by atoms with Crippen molar-refractivity contribution in [2.24, 2.45) is 7.05 Å². The smallest absolute Gasteiger partial charge is 0.255 e. The van der Waals surface area contributed by atoms with E-state index in [1.807, 2.05) is 19.2 Å². The van der Waals surface area contributed by atoms with Crippen molar-refractivity contribution >= 4 is 5.91 Å². The number of aryl methyl sites for hydroxylation is 1. The van der Waals surface area contributed by atoms with Crippen molar-refractivity contribution in [3.05, 3.63) is 36.3 Å². The average Bonchev–Trinajstić information content (AvgIpc) is 2.93. The molecule has 1 N–H and O–H groups in total. The van der Waals surface area contributed by atoms with Crippen molar-refractivity contribution in [3.63, 3.8) is 0 Å². The van der Waals surface area contributed by atoms with Crippen LogP contribution in [0.25, 0.3) is 11.3 Å². The lowest BCUT2D eigenvalue weighted by atomic mass is 9.96. The zero-order valence-electron chi connectivity index (χ0n) is 13.7. The van der Waals surface area contributed by atoms with Crippen LogP contribution in [0.2, 0.25) is 0 Å². The number of nitrogens with zero attached hydrogens (tertiary/aromatic N) is 3. The van der Waals surface area contributed by atoms with Crippen LogP contribution >= 0.6 is 0 Å². The van der Waals surface area contributed by atoms with E-state index < -0.39 is 0 Å². The highest BCUT2D eigenvalue weighted by molar-refractivity contribution is 5.99. The number of rotatable bonds is 3. The summed E-state index contributed by atoms with van der Waals surface area (Å²) in [5.41, 5.74) is 2.20. The van der Waals surface area contributed by atoms with Gasteiger partial charge in [-0.25, -0.2) is 0 Å². The lowest BCUT2D eigenvalue weighted by Crippen LogP contribution is -2.35. The number of carbonyl (C=O) groups is 1. The van der Waals surface area contributed by atoms with Gasteiger partial charge in [-0.2, -0.15) is 5.10 Å². The third-order valence-electron chi connectivity index (χ3n) is 4.45. The van der Waals surface area contributed by atoms with E-state index in [0.29, 0.717) is 11.3 Å². The third kappa shape index (κ3) is 3.97. The van der Waals surface area contributed by atoms with Crippen molar-refractivity contribution in [3.8, 4) is 11.3 Å². The fourth-order valence-electron chi connectivity index (χ4n) is 3.23. The number of pyridine rings is 1. The number of hydrogen-bond donors (Lipinski definition) is 1. The van der Waals surface area contributed by atoms with Crippen molar-refractivity contribution in [1.82, 2.24) is 20.1 Å². The molecule has 122 valence electrons. The van der Waals surface area contributed by atoms with E-state index >= 15 is 0 Å². The molecule has 23 heavy (non-hydrogen) atoms. The highest BCUT2D eigenvalue weighted by Gasteiger charge is 2.20. The molecule has 5 heteroatoms. The average molecular weight is 312 g/mol. The molecule has 2 heterocycles. The van der Waals surface area contributed by atoms with Crippen LogP contribution in [-0.4, -0.2) is 26.7 Å². The maximum absolute atomic E-state index is 12.7. The Hall–Kier alpha value is -2.17. The number of aromatic nitrogens is 3. The Balaban J connectivity index is 1.77. The molecule has 1 saturated carbocycles. The highest BCUT2D eigenvalue weighted by atomic mass is 16.1. The first-order chi connectivity index (χ1) is 11.2. The molecule has 1 amide bonds. The molecule has 3 rings (SSSR count). The summed E-state index contributed by atoms with van der Waals surface area (Å²) in [4.78, 5) is 16.9. The van der Waals surface area contributed by atoms with E-state index in [4.69, 9.17) is 0 Å². The third-order valence-corrected chi connectivity index (χ3v) is 4.45. The van der Waals surface area contributed by atoms with Crippen LogP contribution in [0.4, 0.5) is 0 Å². The summed E-state index contributed by atoms with van der Waals surface area (Å²) in [6.07, 6.45) is 13.7. The number of carbonyl (C=O) groups excluding carboxylic acids is 1. The van der Waals surface area contributed by atoms with E-state index in [-0.39, 0.29) is 11.9 Å². The summed E-state index contributed by atoms with van der Waals surface area (Å²) in [7, 11) is 1.84. The Morgan fingerprint density at radius 2 is 1.96 bits per heavy atom. The first-order valence-corrected chi connectivity index (χ1v) is 8.49. The number of nitrogens with one attached hydrogen (secondary N) is 1. The normalized spacial score (nSPS) is 16.6. The van der Waals surface area contributed by atoms with Gasteiger partial charge in [0, 0.05) is 37.2 Å². The molecule has 1 aliphatic rings. The molecule has 0 atom stereocenters. The molecule has 0 spiro atoms. The Bertz CT molecular complexity index is 642. The van der Waals surface area contributed by atoms with Crippen LogP contribution in [0.5, 0.6) is 0 Å². The van der Waals surface area contributed by atoms with Gasteiger partial charge in [0.1, 0.15) is 5.69 Å². The second-order valence-corrected chi connectivity index (χ2v) is 6.32. The van der Waals surface area contributed by atoms with E-state index in [9.17, 15) is 4.79 Å². The van der Waals surface area contributed by atoms with Gasteiger partial charge in [0.2, 0.25) is 0 Å². The molecular weight excluding hydrogens is 288 g/mol. The van der Waals surface area contributed by atoms with Gasteiger partial charge in [-0.15, -0.1) is 0 Å². The van der Waals surface area contributed by atoms with Gasteiger partial charge in [-0.3, -0.25) is 14.5 Å². The minimum absolute atomic E-state index is 0.0254. The molecule has 0 aliphatic heterocycles. The van der Waals surface area contributed by atoms with Gasteiger partial charge in [0.25, 0.3) is 5.91 Å². The summed E-state index contributed by atoms with van der Waals surface area (Å²) >= 11 is 0. The molecule has 0 aromatic carbocycles. The molecule has 1 aliphatic carbocycles. The molecule has 0 bridgehead atoms. The lowest BCUT2D eigenvalue weighted by molar-refractivity contribution is 0.0931. The molecule has 2 aromatic rings. The molecule has 1 fully saturated rings. The fraction of sp³-hybridized carbons (Fsp3) is 0.500. The van der Waals surface area contributed by atoms with Crippen molar-refractivity contribution in [2.45, 2.75) is 51.0 Å². The molecule has 5 nitrogen and oxygen atoms in total. The first kappa shape index (κ1) is 15.7. The van der Waals surface area contributed by atoms with Gasteiger partial charge < -0.3 is 5.32 Å². The minimum Gasteiger partial charge on any atom is -0.349 e. The van der Waals surface area contributed by atoms with Gasteiger partial charge in [0.15, 0.2) is 0 Å². The largest absolute Gasteiger partial charge is 0.349 e. The van der Waals surface area contributed by atoms with Gasteiger partial charge in [-0.05, 0) is 25.0 Å². The van der Waals surface area contributed by atoms with Crippen LogP contribution in [-0.2, 0) is 7.05 Å². The van der Waals surface area contributed by atoms with Crippen LogP contribution in [0, 0.1) is 0 Å². The van der Waals surface area contributed by atoms with Crippen molar-refractivity contribution in [2.75, 3.05) is 0 Å². The predicted octanol–water partition coefficient (Wildman–Crippen LogP) is 3.32. The van der Waals surface area contributed by atoms with Gasteiger partial charge >= 0.3 is 0 Å². The van der Waals surface area contributed by atoms with E-state index in [1.165, 1.54) is 32.1 Å². The summed E-state index contributed by atoms with van der Waals surface area (Å²) < 4.78 is 1.69. The number of hydrogen-bond acceptors (Lipinski definition) is 3. The Kier molecular flexibility index (Phi) is 5.05. The monoisotopic (exact) mass is 312 g/mol. The molecule has 0 unspecified atom stereocenters. The van der Waals surface area contributed by atoms with E-state index in [2.05, 4.69) is 15.4 Å². The summed E-state index contributed by atoms with van der Waals surface area (Å²) in [6, 6.07) is 4.08. The van der Waals surface area contributed by atoms with Crippen LogP contribution in [0.15, 0.2) is 30.7 Å². The zero-order valence-corrected chi connectivity index (χ0v) is 13.7. The maximum Gasteiger partial charge on any atom is 0.255 e. The molecule has 0 saturated heterocycles. The highest BCUT2D eigenvalue weighted by Crippen LogP contribution is 2.22. The zero-order chi connectivity index (χ0) is 16.1. The summed E-state index contributed by atoms with van der Waals surface area (Å²) in [5, 5.41) is 7.66. The van der Waals surface area contributed by atoms with Crippen LogP contribution < -0.4 is 5.32 Å². The van der Waals surface area contributed by atoms with Crippen molar-refractivity contribution < 1.29 is 4.79 Å². The molecule has 2 aromatic heterocycles. The Labute approximate surface area is 137 Å². The summed E-state index contributed by atoms with van der Waals surface area (Å²) in [5.74, 6) is -0.0254. The molecule has 0 radical (unpaired) electrons. The SMILES string of the molecule is Cn1cc(C(=O)NC2CCCCCCC2)c(-c2cccnc2)n1. The standard InChI is InChI=1S/C18H24N4O/c1-22-13-16(17(21-22)14-8-7-11-19-12-14)18(23)20-15-9-5-3-2-4-6-10-15/h7-8,11-13,15H,2-6,9-10H2,1H3,(H,20,23). The first-order valence-electron chi connectivity index (χ1n) is 8.49. The topological polar surface area (TPSA) is 59.8 Å². The molecular formula is C18H24N4O. The quantitative estimate of drug-likeness (QED) is 0.945. The van der Waals surface area contributed by atoms with Crippen LogP contribution in [0.3, 0.4) is 0 Å². The summed E-state index contributed by atoms with van der Waals surface area (Å²) in [6.45, 7) is 0. The second-order valence-electron chi connectivity index (χ2n) is 6.32. The van der Waals surface area contributed by atoms with Crippen LogP contribution in [0.1, 0.15) is 55.3 Å². The van der Waals surface area contributed by atoms with E-state index in [1.54, 1.807) is 23.3 Å². The minimum atomic E-state index is -0.0254. The number of amides is 1. The Morgan fingerprint density at radius 1 is 1.22 bits per heavy atom. The Morgan fingerprint density at radius 3 is 2.65 bits per heavy atom. The van der Waals surface area contributed by atoms with E-state index in [0.717, 1.165) is 18.4 Å². The van der Waals surface area contributed by atoms with Crippen molar-refractivity contribution in [1.29, 1.82) is 0 Å².